The van der Waals surface area contributed by atoms with Crippen molar-refractivity contribution in [3.05, 3.63) is 34.9 Å². The number of amidine groups is 1. The first kappa shape index (κ1) is 9.25. The lowest BCUT2D eigenvalue weighted by Crippen LogP contribution is -2.12. The van der Waals surface area contributed by atoms with Crippen LogP contribution in [0.1, 0.15) is 37.5 Å². The highest BCUT2D eigenvalue weighted by Crippen LogP contribution is 2.26. The second-order valence-electron chi connectivity index (χ2n) is 4.85. The highest BCUT2D eigenvalue weighted by atomic mass is 15.0. The van der Waals surface area contributed by atoms with Crippen molar-refractivity contribution in [1.29, 1.82) is 5.41 Å². The van der Waals surface area contributed by atoms with Crippen LogP contribution in [0.3, 0.4) is 0 Å². The van der Waals surface area contributed by atoms with E-state index in [0.717, 1.165) is 12.1 Å². The van der Waals surface area contributed by atoms with Crippen LogP contribution < -0.4 is 5.32 Å². The second kappa shape index (κ2) is 2.84. The summed E-state index contributed by atoms with van der Waals surface area (Å²) in [5.74, 6) is 0.556. The molecule has 0 aromatic heterocycles. The Morgan fingerprint density at radius 2 is 2.00 bits per heavy atom. The van der Waals surface area contributed by atoms with Gasteiger partial charge in [0.15, 0.2) is 0 Å². The Labute approximate surface area is 84.9 Å². The van der Waals surface area contributed by atoms with Gasteiger partial charge in [-0.15, -0.1) is 0 Å². The van der Waals surface area contributed by atoms with Crippen molar-refractivity contribution in [3.8, 4) is 0 Å². The molecule has 1 aromatic carbocycles. The van der Waals surface area contributed by atoms with Crippen LogP contribution in [0.2, 0.25) is 0 Å². The average Bonchev–Trinajstić information content (AvgIpc) is 2.46. The van der Waals surface area contributed by atoms with E-state index in [0.29, 0.717) is 5.84 Å². The molecule has 0 fully saturated rings. The maximum absolute atomic E-state index is 7.65. The predicted octanol–water partition coefficient (Wildman–Crippen LogP) is 2.41. The third-order valence-electron chi connectivity index (χ3n) is 2.70. The molecular weight excluding hydrogens is 172 g/mol. The largest absolute Gasteiger partial charge is 0.366 e. The summed E-state index contributed by atoms with van der Waals surface area (Å²) in [6.07, 6.45) is 0. The maximum atomic E-state index is 7.65. The Morgan fingerprint density at radius 3 is 2.64 bits per heavy atom. The summed E-state index contributed by atoms with van der Waals surface area (Å²) in [7, 11) is 0. The first-order chi connectivity index (χ1) is 6.48. The molecule has 0 radical (unpaired) electrons. The number of benzene rings is 1. The summed E-state index contributed by atoms with van der Waals surface area (Å²) in [6, 6.07) is 6.39. The summed E-state index contributed by atoms with van der Waals surface area (Å²) in [5, 5.41) is 10.7. The normalized spacial score (nSPS) is 15.2. The van der Waals surface area contributed by atoms with Crippen LogP contribution in [0.4, 0.5) is 0 Å². The van der Waals surface area contributed by atoms with E-state index in [1.807, 2.05) is 0 Å². The van der Waals surface area contributed by atoms with Gasteiger partial charge in [-0.1, -0.05) is 39.0 Å². The molecule has 0 unspecified atom stereocenters. The Balaban J connectivity index is 2.47. The lowest BCUT2D eigenvalue weighted by Gasteiger charge is -2.19. The number of fused-ring (bicyclic) bond motifs is 1. The average molecular weight is 188 g/mol. The van der Waals surface area contributed by atoms with Gasteiger partial charge < -0.3 is 5.32 Å². The van der Waals surface area contributed by atoms with Crippen molar-refractivity contribution in [2.24, 2.45) is 0 Å². The van der Waals surface area contributed by atoms with E-state index in [2.05, 4.69) is 44.3 Å². The van der Waals surface area contributed by atoms with Crippen molar-refractivity contribution in [2.75, 3.05) is 0 Å². The molecule has 2 heteroatoms. The zero-order chi connectivity index (χ0) is 10.3. The fourth-order valence-electron chi connectivity index (χ4n) is 1.73. The van der Waals surface area contributed by atoms with E-state index >= 15 is 0 Å². The molecule has 0 amide bonds. The van der Waals surface area contributed by atoms with Gasteiger partial charge in [0.2, 0.25) is 0 Å². The Hall–Kier alpha value is -1.31. The standard InChI is InChI=1S/C12H16N2/c1-12(2,3)9-4-5-10-8(6-9)7-14-11(10)13/h4-6H,7H2,1-3H3,(H2,13,14). The first-order valence-electron chi connectivity index (χ1n) is 4.95. The van der Waals surface area contributed by atoms with Crippen LogP contribution in [-0.2, 0) is 12.0 Å². The summed E-state index contributed by atoms with van der Waals surface area (Å²) in [5.41, 5.74) is 3.84. The van der Waals surface area contributed by atoms with Crippen molar-refractivity contribution in [2.45, 2.75) is 32.7 Å². The van der Waals surface area contributed by atoms with Crippen molar-refractivity contribution in [1.82, 2.24) is 5.32 Å². The van der Waals surface area contributed by atoms with Crippen molar-refractivity contribution >= 4 is 5.84 Å². The molecule has 14 heavy (non-hydrogen) atoms. The minimum absolute atomic E-state index is 0.194. The molecule has 0 saturated heterocycles. The van der Waals surface area contributed by atoms with Crippen molar-refractivity contribution in [3.63, 3.8) is 0 Å². The molecule has 74 valence electrons. The molecule has 1 heterocycles. The van der Waals surface area contributed by atoms with E-state index in [4.69, 9.17) is 5.41 Å². The van der Waals surface area contributed by atoms with Gasteiger partial charge in [-0.2, -0.15) is 0 Å². The summed E-state index contributed by atoms with van der Waals surface area (Å²) in [6.45, 7) is 7.44. The molecule has 0 bridgehead atoms. The Bertz CT molecular complexity index is 386. The van der Waals surface area contributed by atoms with Crippen LogP contribution in [0, 0.1) is 5.41 Å². The van der Waals surface area contributed by atoms with Gasteiger partial charge in [0.1, 0.15) is 5.84 Å². The van der Waals surface area contributed by atoms with E-state index in [9.17, 15) is 0 Å². The predicted molar refractivity (Wildman–Crippen MR) is 58.8 cm³/mol. The van der Waals surface area contributed by atoms with E-state index < -0.39 is 0 Å². The molecular formula is C12H16N2. The second-order valence-corrected chi connectivity index (χ2v) is 4.85. The summed E-state index contributed by atoms with van der Waals surface area (Å²) < 4.78 is 0. The van der Waals surface area contributed by atoms with Crippen molar-refractivity contribution < 1.29 is 0 Å². The number of hydrogen-bond donors (Lipinski definition) is 2. The Kier molecular flexibility index (Phi) is 1.88. The minimum Gasteiger partial charge on any atom is -0.366 e. The highest BCUT2D eigenvalue weighted by Gasteiger charge is 2.19. The van der Waals surface area contributed by atoms with Gasteiger partial charge in [0.05, 0.1) is 0 Å². The summed E-state index contributed by atoms with van der Waals surface area (Å²) >= 11 is 0. The lowest BCUT2D eigenvalue weighted by atomic mass is 9.85. The lowest BCUT2D eigenvalue weighted by molar-refractivity contribution is 0.589. The van der Waals surface area contributed by atoms with Gasteiger partial charge in [-0.25, -0.2) is 0 Å². The smallest absolute Gasteiger partial charge is 0.126 e. The number of nitrogens with one attached hydrogen (secondary N) is 2. The first-order valence-corrected chi connectivity index (χ1v) is 4.95. The van der Waals surface area contributed by atoms with E-state index in [1.54, 1.807) is 0 Å². The fraction of sp³-hybridized carbons (Fsp3) is 0.417. The molecule has 1 aromatic rings. The van der Waals surface area contributed by atoms with E-state index in [-0.39, 0.29) is 5.41 Å². The van der Waals surface area contributed by atoms with E-state index in [1.165, 1.54) is 11.1 Å². The molecule has 1 aliphatic rings. The minimum atomic E-state index is 0.194. The molecule has 0 atom stereocenters. The third kappa shape index (κ3) is 1.41. The molecule has 1 aliphatic heterocycles. The third-order valence-corrected chi connectivity index (χ3v) is 2.70. The van der Waals surface area contributed by atoms with Gasteiger partial charge >= 0.3 is 0 Å². The van der Waals surface area contributed by atoms with Gasteiger partial charge in [0, 0.05) is 12.1 Å². The van der Waals surface area contributed by atoms with Gasteiger partial charge in [-0.05, 0) is 16.5 Å². The molecule has 0 aliphatic carbocycles. The van der Waals surface area contributed by atoms with Gasteiger partial charge in [0.25, 0.3) is 0 Å². The van der Waals surface area contributed by atoms with Crippen LogP contribution >= 0.6 is 0 Å². The highest BCUT2D eigenvalue weighted by molar-refractivity contribution is 6.00. The zero-order valence-electron chi connectivity index (χ0n) is 8.94. The topological polar surface area (TPSA) is 35.9 Å². The summed E-state index contributed by atoms with van der Waals surface area (Å²) in [4.78, 5) is 0. The van der Waals surface area contributed by atoms with Crippen LogP contribution in [-0.4, -0.2) is 5.84 Å². The molecule has 2 N–H and O–H groups in total. The SMILES string of the molecule is CC(C)(C)c1ccc2c(c1)CNC2=N. The molecule has 2 rings (SSSR count). The van der Waals surface area contributed by atoms with Crippen LogP contribution in [0.15, 0.2) is 18.2 Å². The van der Waals surface area contributed by atoms with Crippen LogP contribution in [0.5, 0.6) is 0 Å². The quantitative estimate of drug-likeness (QED) is 0.644. The zero-order valence-corrected chi connectivity index (χ0v) is 8.94. The molecule has 2 nitrogen and oxygen atoms in total. The fourth-order valence-corrected chi connectivity index (χ4v) is 1.73. The molecule has 0 saturated carbocycles. The Morgan fingerprint density at radius 1 is 1.29 bits per heavy atom. The number of hydrogen-bond acceptors (Lipinski definition) is 1. The molecule has 0 spiro atoms. The van der Waals surface area contributed by atoms with Gasteiger partial charge in [-0.3, -0.25) is 5.41 Å². The number of rotatable bonds is 0. The monoisotopic (exact) mass is 188 g/mol. The van der Waals surface area contributed by atoms with Crippen LogP contribution in [0.25, 0.3) is 0 Å². The maximum Gasteiger partial charge on any atom is 0.126 e.